The van der Waals surface area contributed by atoms with Crippen LogP contribution < -0.4 is 0 Å². The van der Waals surface area contributed by atoms with Crippen molar-refractivity contribution < 1.29 is 0 Å². The van der Waals surface area contributed by atoms with Gasteiger partial charge in [0.25, 0.3) is 0 Å². The molecule has 1 aromatic carbocycles. The van der Waals surface area contributed by atoms with Crippen LogP contribution in [-0.4, -0.2) is 0 Å². The highest BCUT2D eigenvalue weighted by atomic mass is 79.9. The molecule has 0 saturated carbocycles. The van der Waals surface area contributed by atoms with E-state index in [1.165, 1.54) is 25.7 Å². The van der Waals surface area contributed by atoms with E-state index in [-0.39, 0.29) is 0 Å². The molecular weight excluding hydrogens is 256 g/mol. The smallest absolute Gasteiger partial charge is 0.0345 e. The second-order valence-electron chi connectivity index (χ2n) is 3.57. The van der Waals surface area contributed by atoms with Gasteiger partial charge in [-0.1, -0.05) is 28.1 Å². The summed E-state index contributed by atoms with van der Waals surface area (Å²) in [6, 6.07) is 6.75. The summed E-state index contributed by atoms with van der Waals surface area (Å²) in [6.45, 7) is 0. The monoisotopic (exact) mass is 264 g/mol. The number of rotatable bonds is 0. The molecule has 1 aromatic heterocycles. The molecule has 0 atom stereocenters. The summed E-state index contributed by atoms with van der Waals surface area (Å²) in [6.07, 6.45) is 4.39. The second kappa shape index (κ2) is 3.21. The van der Waals surface area contributed by atoms with Crippen LogP contribution in [-0.2, 0) is 12.8 Å². The molecule has 2 heteroatoms. The normalized spacial score (nSPS) is 15.4. The minimum absolute atomic E-state index is 1.06. The number of hydrogen-bond acceptors (Lipinski definition) is 1. The van der Waals surface area contributed by atoms with Crippen LogP contribution in [0.3, 0.4) is 0 Å². The molecule has 1 aliphatic carbocycles. The van der Waals surface area contributed by atoms with E-state index in [4.69, 9.17) is 0 Å². The van der Waals surface area contributed by atoms with Crippen LogP contribution in [0.15, 0.2) is 34.1 Å². The van der Waals surface area contributed by atoms with E-state index in [2.05, 4.69) is 45.6 Å². The van der Waals surface area contributed by atoms with E-state index in [9.17, 15) is 0 Å². The Hall–Kier alpha value is -0.600. The maximum atomic E-state index is 3.60. The predicted octanol–water partition coefficient (Wildman–Crippen LogP) is 4.28. The topological polar surface area (TPSA) is 0 Å². The first-order chi connectivity index (χ1) is 6.84. The molecule has 0 N–H and O–H groups in total. The van der Waals surface area contributed by atoms with Crippen molar-refractivity contribution in [3.05, 3.63) is 45.3 Å². The fourth-order valence-electron chi connectivity index (χ4n) is 2.01. The minimum Gasteiger partial charge on any atom is -0.144 e. The van der Waals surface area contributed by atoms with Crippen molar-refractivity contribution in [3.63, 3.8) is 0 Å². The standard InChI is InChI=1S/C12H9BrS/c13-9-3-1-8-2-4-12-10(5-6-14-12)11(8)7-9/h2-6H,1,7H2. The minimum atomic E-state index is 1.06. The fraction of sp³-hybridized carbons (Fsp3) is 0.167. The van der Waals surface area contributed by atoms with E-state index >= 15 is 0 Å². The van der Waals surface area contributed by atoms with Gasteiger partial charge in [-0.05, 0) is 44.9 Å². The number of thiophene rings is 1. The van der Waals surface area contributed by atoms with Crippen LogP contribution in [0.25, 0.3) is 10.1 Å². The predicted molar refractivity (Wildman–Crippen MR) is 66.2 cm³/mol. The van der Waals surface area contributed by atoms with Crippen molar-refractivity contribution in [2.24, 2.45) is 0 Å². The summed E-state index contributed by atoms with van der Waals surface area (Å²) in [7, 11) is 0. The van der Waals surface area contributed by atoms with Crippen LogP contribution in [0, 0.1) is 0 Å². The molecule has 70 valence electrons. The molecule has 0 fully saturated rings. The highest BCUT2D eigenvalue weighted by Crippen LogP contribution is 2.32. The highest BCUT2D eigenvalue weighted by Gasteiger charge is 2.12. The molecular formula is C12H9BrS. The lowest BCUT2D eigenvalue weighted by Crippen LogP contribution is -1.99. The highest BCUT2D eigenvalue weighted by molar-refractivity contribution is 9.11. The maximum Gasteiger partial charge on any atom is 0.0345 e. The van der Waals surface area contributed by atoms with Crippen molar-refractivity contribution in [2.75, 3.05) is 0 Å². The summed E-state index contributed by atoms with van der Waals surface area (Å²) >= 11 is 5.42. The van der Waals surface area contributed by atoms with Crippen LogP contribution >= 0.6 is 27.3 Å². The first-order valence-corrected chi connectivity index (χ1v) is 6.34. The fourth-order valence-corrected chi connectivity index (χ4v) is 3.27. The lowest BCUT2D eigenvalue weighted by Gasteiger charge is -2.14. The molecule has 1 aliphatic rings. The summed E-state index contributed by atoms with van der Waals surface area (Å²) in [5.74, 6) is 0. The molecule has 0 aliphatic heterocycles. The van der Waals surface area contributed by atoms with E-state index in [0.29, 0.717) is 0 Å². The molecule has 2 aromatic rings. The van der Waals surface area contributed by atoms with Gasteiger partial charge in [-0.2, -0.15) is 0 Å². The van der Waals surface area contributed by atoms with Gasteiger partial charge >= 0.3 is 0 Å². The lowest BCUT2D eigenvalue weighted by atomic mass is 9.94. The molecule has 0 radical (unpaired) electrons. The molecule has 0 amide bonds. The zero-order chi connectivity index (χ0) is 9.54. The van der Waals surface area contributed by atoms with Crippen LogP contribution in [0.2, 0.25) is 0 Å². The third kappa shape index (κ3) is 1.25. The number of fused-ring (bicyclic) bond motifs is 3. The van der Waals surface area contributed by atoms with Crippen molar-refractivity contribution >= 4 is 37.4 Å². The average Bonchev–Trinajstić information content (AvgIpc) is 2.65. The van der Waals surface area contributed by atoms with Gasteiger partial charge in [0, 0.05) is 11.1 Å². The quantitative estimate of drug-likeness (QED) is 0.667. The third-order valence-electron chi connectivity index (χ3n) is 2.73. The molecule has 0 spiro atoms. The Labute approximate surface area is 95.4 Å². The summed E-state index contributed by atoms with van der Waals surface area (Å²) in [5.41, 5.74) is 3.00. The van der Waals surface area contributed by atoms with Crippen LogP contribution in [0.4, 0.5) is 0 Å². The Kier molecular flexibility index (Phi) is 1.99. The SMILES string of the molecule is BrC1=CCc2ccc3sccc3c2C1. The van der Waals surface area contributed by atoms with Crippen LogP contribution in [0.5, 0.6) is 0 Å². The van der Waals surface area contributed by atoms with Crippen molar-refractivity contribution in [3.8, 4) is 0 Å². The summed E-state index contributed by atoms with van der Waals surface area (Å²) < 4.78 is 2.73. The van der Waals surface area contributed by atoms with Gasteiger partial charge in [0.1, 0.15) is 0 Å². The van der Waals surface area contributed by atoms with Gasteiger partial charge in [-0.25, -0.2) is 0 Å². The Balaban J connectivity index is 2.30. The molecule has 14 heavy (non-hydrogen) atoms. The van der Waals surface area contributed by atoms with E-state index in [1.807, 2.05) is 11.3 Å². The van der Waals surface area contributed by atoms with E-state index in [0.717, 1.165) is 12.8 Å². The zero-order valence-corrected chi connectivity index (χ0v) is 9.99. The van der Waals surface area contributed by atoms with Gasteiger partial charge in [0.2, 0.25) is 0 Å². The second-order valence-corrected chi connectivity index (χ2v) is 5.53. The van der Waals surface area contributed by atoms with E-state index in [1.54, 1.807) is 0 Å². The van der Waals surface area contributed by atoms with Gasteiger partial charge in [-0.3, -0.25) is 0 Å². The summed E-state index contributed by atoms with van der Waals surface area (Å²) in [4.78, 5) is 0. The first kappa shape index (κ1) is 8.69. The number of hydrogen-bond donors (Lipinski definition) is 0. The summed E-state index contributed by atoms with van der Waals surface area (Å²) in [5, 5.41) is 3.62. The van der Waals surface area contributed by atoms with Gasteiger partial charge < -0.3 is 0 Å². The lowest BCUT2D eigenvalue weighted by molar-refractivity contribution is 1.10. The van der Waals surface area contributed by atoms with Gasteiger partial charge in [-0.15, -0.1) is 11.3 Å². The molecule has 0 saturated heterocycles. The average molecular weight is 265 g/mol. The van der Waals surface area contributed by atoms with Gasteiger partial charge in [0.15, 0.2) is 0 Å². The zero-order valence-electron chi connectivity index (χ0n) is 7.59. The van der Waals surface area contributed by atoms with Crippen molar-refractivity contribution in [1.29, 1.82) is 0 Å². The van der Waals surface area contributed by atoms with Crippen LogP contribution in [0.1, 0.15) is 11.1 Å². The number of benzene rings is 1. The Morgan fingerprint density at radius 2 is 2.14 bits per heavy atom. The first-order valence-electron chi connectivity index (χ1n) is 4.67. The molecule has 0 unspecified atom stereocenters. The Morgan fingerprint density at radius 3 is 3.07 bits per heavy atom. The van der Waals surface area contributed by atoms with Crippen molar-refractivity contribution in [2.45, 2.75) is 12.8 Å². The maximum absolute atomic E-state index is 3.60. The van der Waals surface area contributed by atoms with Crippen molar-refractivity contribution in [1.82, 2.24) is 0 Å². The molecule has 0 bridgehead atoms. The Bertz CT molecular complexity index is 522. The van der Waals surface area contributed by atoms with E-state index < -0.39 is 0 Å². The molecule has 1 heterocycles. The Morgan fingerprint density at radius 1 is 1.21 bits per heavy atom. The van der Waals surface area contributed by atoms with Gasteiger partial charge in [0.05, 0.1) is 0 Å². The third-order valence-corrected chi connectivity index (χ3v) is 4.22. The number of halogens is 1. The molecule has 3 rings (SSSR count). The number of allylic oxidation sites excluding steroid dienone is 2. The molecule has 0 nitrogen and oxygen atoms in total. The largest absolute Gasteiger partial charge is 0.144 e.